The lowest BCUT2D eigenvalue weighted by molar-refractivity contribution is -0.145. The van der Waals surface area contributed by atoms with Crippen molar-refractivity contribution in [2.75, 3.05) is 26.9 Å². The first-order valence-corrected chi connectivity index (χ1v) is 14.7. The number of methoxy groups -OCH3 is 1. The summed E-state index contributed by atoms with van der Waals surface area (Å²) in [6, 6.07) is 21.1. The molecule has 6 N–H and O–H groups in total. The first-order valence-electron chi connectivity index (χ1n) is 14.7. The summed E-state index contributed by atoms with van der Waals surface area (Å²) in [5, 5.41) is 15.4. The number of carbonyl (C=O) groups is 3. The number of hydrogen-bond acceptors (Lipinski definition) is 7. The van der Waals surface area contributed by atoms with Gasteiger partial charge in [-0.1, -0.05) is 73.3 Å². The summed E-state index contributed by atoms with van der Waals surface area (Å²) >= 11 is 0. The zero-order valence-corrected chi connectivity index (χ0v) is 25.2. The molecule has 11 nitrogen and oxygen atoms in total. The number of alkyl carbamates (subject to hydrolysis) is 1. The minimum absolute atomic E-state index is 0.0807. The molecular formula is C34H39N5O6. The monoisotopic (exact) mass is 613 g/mol. The van der Waals surface area contributed by atoms with Crippen LogP contribution in [0.15, 0.2) is 85.5 Å². The largest absolute Gasteiger partial charge is 0.490 e. The van der Waals surface area contributed by atoms with Gasteiger partial charge in [-0.15, -0.1) is 0 Å². The van der Waals surface area contributed by atoms with E-state index in [-0.39, 0.29) is 31.3 Å². The van der Waals surface area contributed by atoms with Crippen LogP contribution in [0.1, 0.15) is 35.4 Å². The van der Waals surface area contributed by atoms with Gasteiger partial charge < -0.3 is 35.9 Å². The summed E-state index contributed by atoms with van der Waals surface area (Å²) in [6.07, 6.45) is 1.63. The second-order valence-electron chi connectivity index (χ2n) is 10.5. The molecular weight excluding hydrogens is 574 g/mol. The quantitative estimate of drug-likeness (QED) is 0.0570. The SMILES string of the molecule is C=CCOc1ccc(C[C@H](NC(=O)[C@@H](CCCNC(=N)N)NC(=O)OCC2c3ccccc3-c3ccccc32)C(=O)OC)cc1. The fraction of sp³-hybridized carbons (Fsp3) is 0.294. The van der Waals surface area contributed by atoms with Gasteiger partial charge in [0, 0.05) is 18.9 Å². The summed E-state index contributed by atoms with van der Waals surface area (Å²) in [5.74, 6) is -0.912. The van der Waals surface area contributed by atoms with Gasteiger partial charge in [-0.3, -0.25) is 10.2 Å². The zero-order valence-electron chi connectivity index (χ0n) is 25.2. The first-order chi connectivity index (χ1) is 21.8. The molecule has 2 atom stereocenters. The Labute approximate surface area is 262 Å². The third-order valence-electron chi connectivity index (χ3n) is 7.47. The minimum atomic E-state index is -1.03. The Kier molecular flexibility index (Phi) is 11.6. The molecule has 3 aromatic carbocycles. The molecule has 0 radical (unpaired) electrons. The van der Waals surface area contributed by atoms with Gasteiger partial charge in [-0.2, -0.15) is 0 Å². The molecule has 0 unspecified atom stereocenters. The van der Waals surface area contributed by atoms with Crippen molar-refractivity contribution in [3.63, 3.8) is 0 Å². The number of ether oxygens (including phenoxy) is 3. The third-order valence-corrected chi connectivity index (χ3v) is 7.47. The van der Waals surface area contributed by atoms with Crippen LogP contribution in [0.25, 0.3) is 11.1 Å². The van der Waals surface area contributed by atoms with E-state index in [0.29, 0.717) is 25.3 Å². The molecule has 0 saturated carbocycles. The number of fused-ring (bicyclic) bond motifs is 3. The van der Waals surface area contributed by atoms with E-state index >= 15 is 0 Å². The number of carbonyl (C=O) groups excluding carboxylic acids is 3. The van der Waals surface area contributed by atoms with Gasteiger partial charge in [0.1, 0.15) is 31.0 Å². The van der Waals surface area contributed by atoms with Gasteiger partial charge in [0.05, 0.1) is 7.11 Å². The number of nitrogens with two attached hydrogens (primary N) is 1. The molecule has 0 aliphatic heterocycles. The summed E-state index contributed by atoms with van der Waals surface area (Å²) in [7, 11) is 1.24. The van der Waals surface area contributed by atoms with Crippen LogP contribution in [-0.4, -0.2) is 62.9 Å². The molecule has 0 bridgehead atoms. The maximum Gasteiger partial charge on any atom is 0.407 e. The highest BCUT2D eigenvalue weighted by Crippen LogP contribution is 2.44. The van der Waals surface area contributed by atoms with Crippen LogP contribution in [0.3, 0.4) is 0 Å². The van der Waals surface area contributed by atoms with Crippen LogP contribution in [-0.2, 0) is 25.5 Å². The highest BCUT2D eigenvalue weighted by atomic mass is 16.5. The van der Waals surface area contributed by atoms with E-state index in [1.165, 1.54) is 7.11 Å². The van der Waals surface area contributed by atoms with Crippen molar-refractivity contribution in [3.05, 3.63) is 102 Å². The Balaban J connectivity index is 1.42. The molecule has 236 valence electrons. The number of nitrogens with one attached hydrogen (secondary N) is 4. The van der Waals surface area contributed by atoms with Crippen LogP contribution in [0.2, 0.25) is 0 Å². The van der Waals surface area contributed by atoms with Crippen LogP contribution < -0.4 is 26.4 Å². The highest BCUT2D eigenvalue weighted by molar-refractivity contribution is 5.90. The van der Waals surface area contributed by atoms with Crippen molar-refractivity contribution >= 4 is 23.9 Å². The van der Waals surface area contributed by atoms with Crippen molar-refractivity contribution < 1.29 is 28.6 Å². The topological polar surface area (TPSA) is 165 Å². The Morgan fingerprint density at radius 1 is 0.956 bits per heavy atom. The van der Waals surface area contributed by atoms with Crippen LogP contribution in [0.4, 0.5) is 4.79 Å². The third kappa shape index (κ3) is 8.85. The maximum atomic E-state index is 13.5. The van der Waals surface area contributed by atoms with Gasteiger partial charge in [0.2, 0.25) is 5.91 Å². The van der Waals surface area contributed by atoms with Gasteiger partial charge >= 0.3 is 12.1 Å². The van der Waals surface area contributed by atoms with Crippen LogP contribution in [0, 0.1) is 5.41 Å². The fourth-order valence-corrected chi connectivity index (χ4v) is 5.30. The Morgan fingerprint density at radius 3 is 2.20 bits per heavy atom. The molecule has 0 spiro atoms. The molecule has 0 heterocycles. The molecule has 4 rings (SSSR count). The summed E-state index contributed by atoms with van der Waals surface area (Å²) in [6.45, 7) is 4.38. The second-order valence-corrected chi connectivity index (χ2v) is 10.5. The average Bonchev–Trinajstić information content (AvgIpc) is 3.37. The van der Waals surface area contributed by atoms with Crippen molar-refractivity contribution in [2.24, 2.45) is 5.73 Å². The lowest BCUT2D eigenvalue weighted by Gasteiger charge is -2.23. The summed E-state index contributed by atoms with van der Waals surface area (Å²) < 4.78 is 16.1. The van der Waals surface area contributed by atoms with E-state index in [1.54, 1.807) is 30.3 Å². The van der Waals surface area contributed by atoms with Crippen molar-refractivity contribution in [3.8, 4) is 16.9 Å². The van der Waals surface area contributed by atoms with E-state index < -0.39 is 30.1 Å². The van der Waals surface area contributed by atoms with E-state index in [1.807, 2.05) is 48.5 Å². The predicted molar refractivity (Wildman–Crippen MR) is 171 cm³/mol. The van der Waals surface area contributed by atoms with E-state index in [0.717, 1.165) is 27.8 Å². The molecule has 3 aromatic rings. The highest BCUT2D eigenvalue weighted by Gasteiger charge is 2.31. The molecule has 0 saturated heterocycles. The van der Waals surface area contributed by atoms with Crippen LogP contribution >= 0.6 is 0 Å². The van der Waals surface area contributed by atoms with E-state index in [2.05, 4.69) is 22.5 Å². The number of guanidine groups is 1. The van der Waals surface area contributed by atoms with Gasteiger partial charge in [0.15, 0.2) is 5.96 Å². The molecule has 0 aromatic heterocycles. The molecule has 1 aliphatic carbocycles. The van der Waals surface area contributed by atoms with Crippen molar-refractivity contribution in [2.45, 2.75) is 37.3 Å². The summed E-state index contributed by atoms with van der Waals surface area (Å²) in [4.78, 5) is 39.2. The number of hydrogen-bond donors (Lipinski definition) is 5. The molecule has 45 heavy (non-hydrogen) atoms. The van der Waals surface area contributed by atoms with Crippen molar-refractivity contribution in [1.82, 2.24) is 16.0 Å². The van der Waals surface area contributed by atoms with Gasteiger partial charge in [-0.05, 0) is 52.8 Å². The number of amides is 2. The Morgan fingerprint density at radius 2 is 1.60 bits per heavy atom. The molecule has 0 fully saturated rings. The zero-order chi connectivity index (χ0) is 32.2. The first kappa shape index (κ1) is 32.6. The average molecular weight is 614 g/mol. The molecule has 2 amide bonds. The van der Waals surface area contributed by atoms with Crippen LogP contribution in [0.5, 0.6) is 5.75 Å². The lowest BCUT2D eigenvalue weighted by Crippen LogP contribution is -2.52. The summed E-state index contributed by atoms with van der Waals surface area (Å²) in [5.41, 5.74) is 10.5. The van der Waals surface area contributed by atoms with Gasteiger partial charge in [0.25, 0.3) is 0 Å². The number of benzene rings is 3. The van der Waals surface area contributed by atoms with Crippen molar-refractivity contribution in [1.29, 1.82) is 5.41 Å². The predicted octanol–water partition coefficient (Wildman–Crippen LogP) is 3.62. The normalized spacial score (nSPS) is 12.9. The number of rotatable bonds is 15. The second kappa shape index (κ2) is 15.9. The standard InChI is InChI=1S/C34H39N5O6/c1-3-19-44-23-16-14-22(15-17-23)20-30(32(41)43-2)38-31(40)29(13-8-18-37-33(35)36)39-34(42)45-21-28-26-11-6-4-9-24(26)25-10-5-7-12-27(25)28/h3-7,9-12,14-17,28-30H,1,8,13,18-21H2,2H3,(H,38,40)(H,39,42)(H4,35,36,37)/t29-,30+/m1/s1. The Hall–Kier alpha value is -5.32. The Bertz CT molecular complexity index is 1460. The fourth-order valence-electron chi connectivity index (χ4n) is 5.30. The number of esters is 1. The minimum Gasteiger partial charge on any atom is -0.490 e. The van der Waals surface area contributed by atoms with E-state index in [4.69, 9.17) is 25.4 Å². The maximum absolute atomic E-state index is 13.5. The molecule has 11 heteroatoms. The smallest absolute Gasteiger partial charge is 0.407 e. The van der Waals surface area contributed by atoms with Gasteiger partial charge in [-0.25, -0.2) is 9.59 Å². The van der Waals surface area contributed by atoms with E-state index in [9.17, 15) is 14.4 Å². The lowest BCUT2D eigenvalue weighted by atomic mass is 9.98. The molecule has 1 aliphatic rings.